The third-order valence-corrected chi connectivity index (χ3v) is 3.92. The number of esters is 1. The van der Waals surface area contributed by atoms with Gasteiger partial charge in [0.15, 0.2) is 0 Å². The van der Waals surface area contributed by atoms with Crippen molar-refractivity contribution in [2.45, 2.75) is 13.0 Å². The number of aliphatic hydroxyl groups is 1. The van der Waals surface area contributed by atoms with Gasteiger partial charge in [0, 0.05) is 17.9 Å². The maximum absolute atomic E-state index is 11.7. The summed E-state index contributed by atoms with van der Waals surface area (Å²) in [5.74, 6) is -0.474. The zero-order valence-corrected chi connectivity index (χ0v) is 12.7. The average Bonchev–Trinajstić information content (AvgIpc) is 3.01. The van der Waals surface area contributed by atoms with E-state index >= 15 is 0 Å². The second kappa shape index (κ2) is 6.60. The highest BCUT2D eigenvalue weighted by Gasteiger charge is 2.14. The van der Waals surface area contributed by atoms with E-state index in [1.165, 1.54) is 18.4 Å². The van der Waals surface area contributed by atoms with Crippen LogP contribution in [0, 0.1) is 6.92 Å². The van der Waals surface area contributed by atoms with Gasteiger partial charge in [-0.1, -0.05) is 0 Å². The third kappa shape index (κ3) is 3.53. The van der Waals surface area contributed by atoms with E-state index in [0.717, 1.165) is 16.8 Å². The van der Waals surface area contributed by atoms with Gasteiger partial charge in [0.05, 0.1) is 18.8 Å². The number of hydrogen-bond acceptors (Lipinski definition) is 6. The van der Waals surface area contributed by atoms with E-state index in [-0.39, 0.29) is 0 Å². The first-order valence-electron chi connectivity index (χ1n) is 6.45. The van der Waals surface area contributed by atoms with Gasteiger partial charge in [-0.25, -0.2) is 4.79 Å². The highest BCUT2D eigenvalue weighted by atomic mass is 32.1. The largest absolute Gasteiger partial charge is 0.465 e. The minimum atomic E-state index is -0.601. The van der Waals surface area contributed by atoms with Crippen LogP contribution in [0.1, 0.15) is 27.6 Å². The SMILES string of the molecule is COC(=O)c1cc(NCC(O)c2ccsc2)cc(C)c1N. The molecule has 0 bridgehead atoms. The maximum atomic E-state index is 11.7. The number of ether oxygens (including phenoxy) is 1. The Balaban J connectivity index is 2.13. The Bertz CT molecular complexity index is 626. The molecule has 112 valence electrons. The van der Waals surface area contributed by atoms with Gasteiger partial charge in [0.25, 0.3) is 0 Å². The molecule has 0 spiro atoms. The molecule has 5 nitrogen and oxygen atoms in total. The number of thiophene rings is 1. The molecule has 1 aromatic carbocycles. The Labute approximate surface area is 127 Å². The molecule has 0 fully saturated rings. The van der Waals surface area contributed by atoms with Crippen LogP contribution >= 0.6 is 11.3 Å². The first-order chi connectivity index (χ1) is 10.0. The van der Waals surface area contributed by atoms with E-state index in [1.807, 2.05) is 29.8 Å². The number of hydrogen-bond donors (Lipinski definition) is 3. The number of nitrogen functional groups attached to an aromatic ring is 1. The number of rotatable bonds is 5. The molecule has 6 heteroatoms. The number of nitrogens with one attached hydrogen (secondary N) is 1. The van der Waals surface area contributed by atoms with Crippen molar-refractivity contribution in [2.24, 2.45) is 0 Å². The average molecular weight is 306 g/mol. The molecule has 21 heavy (non-hydrogen) atoms. The standard InChI is InChI=1S/C15H18N2O3S/c1-9-5-11(6-12(14(9)16)15(19)20-2)17-7-13(18)10-3-4-21-8-10/h3-6,8,13,17-18H,7,16H2,1-2H3. The molecule has 2 aromatic rings. The van der Waals surface area contributed by atoms with Gasteiger partial charge in [0.2, 0.25) is 0 Å². The maximum Gasteiger partial charge on any atom is 0.340 e. The van der Waals surface area contributed by atoms with Gasteiger partial charge in [0.1, 0.15) is 0 Å². The third-order valence-electron chi connectivity index (χ3n) is 3.22. The van der Waals surface area contributed by atoms with Crippen molar-refractivity contribution in [2.75, 3.05) is 24.7 Å². The predicted molar refractivity (Wildman–Crippen MR) is 84.7 cm³/mol. The molecule has 0 saturated carbocycles. The van der Waals surface area contributed by atoms with Crippen molar-refractivity contribution in [3.05, 3.63) is 45.6 Å². The van der Waals surface area contributed by atoms with Crippen LogP contribution in [0.3, 0.4) is 0 Å². The molecule has 4 N–H and O–H groups in total. The van der Waals surface area contributed by atoms with Crippen LogP contribution in [0.2, 0.25) is 0 Å². The summed E-state index contributed by atoms with van der Waals surface area (Å²) < 4.78 is 4.72. The summed E-state index contributed by atoms with van der Waals surface area (Å²) in [7, 11) is 1.32. The highest BCUT2D eigenvalue weighted by Crippen LogP contribution is 2.24. The molecule has 0 aliphatic heterocycles. The van der Waals surface area contributed by atoms with Crippen LogP contribution in [0.5, 0.6) is 0 Å². The first-order valence-corrected chi connectivity index (χ1v) is 7.39. The lowest BCUT2D eigenvalue weighted by atomic mass is 10.1. The predicted octanol–water partition coefficient (Wildman–Crippen LogP) is 2.57. The molecule has 1 heterocycles. The normalized spacial score (nSPS) is 12.0. The van der Waals surface area contributed by atoms with Crippen LogP contribution in [-0.4, -0.2) is 24.7 Å². The minimum Gasteiger partial charge on any atom is -0.465 e. The lowest BCUT2D eigenvalue weighted by Crippen LogP contribution is -2.13. The minimum absolute atomic E-state index is 0.324. The Hall–Kier alpha value is -2.05. The van der Waals surface area contributed by atoms with Gasteiger partial charge >= 0.3 is 5.97 Å². The van der Waals surface area contributed by atoms with Crippen molar-refractivity contribution < 1.29 is 14.6 Å². The van der Waals surface area contributed by atoms with Crippen LogP contribution in [-0.2, 0) is 4.74 Å². The summed E-state index contributed by atoms with van der Waals surface area (Å²) in [4.78, 5) is 11.7. The number of aliphatic hydroxyl groups excluding tert-OH is 1. The number of carbonyl (C=O) groups excluding carboxylic acids is 1. The van der Waals surface area contributed by atoms with Crippen LogP contribution in [0.4, 0.5) is 11.4 Å². The van der Waals surface area contributed by atoms with Gasteiger partial charge in [-0.2, -0.15) is 11.3 Å². The van der Waals surface area contributed by atoms with Crippen molar-refractivity contribution in [3.8, 4) is 0 Å². The van der Waals surface area contributed by atoms with Gasteiger partial charge in [-0.15, -0.1) is 0 Å². The zero-order valence-electron chi connectivity index (χ0n) is 11.9. The summed E-state index contributed by atoms with van der Waals surface area (Å²) in [6.07, 6.45) is -0.601. The monoisotopic (exact) mass is 306 g/mol. The van der Waals surface area contributed by atoms with Crippen molar-refractivity contribution in [1.82, 2.24) is 0 Å². The van der Waals surface area contributed by atoms with Crippen LogP contribution in [0.25, 0.3) is 0 Å². The fourth-order valence-electron chi connectivity index (χ4n) is 1.98. The van der Waals surface area contributed by atoms with Crippen molar-refractivity contribution in [3.63, 3.8) is 0 Å². The van der Waals surface area contributed by atoms with Gasteiger partial charge < -0.3 is 20.9 Å². The Morgan fingerprint density at radius 1 is 1.52 bits per heavy atom. The smallest absolute Gasteiger partial charge is 0.340 e. The second-order valence-electron chi connectivity index (χ2n) is 4.70. The molecule has 0 aliphatic rings. The summed E-state index contributed by atoms with van der Waals surface area (Å²) in [6, 6.07) is 5.35. The summed E-state index contributed by atoms with van der Waals surface area (Å²) in [5.41, 5.74) is 8.99. The lowest BCUT2D eigenvalue weighted by molar-refractivity contribution is 0.0602. The molecule has 0 saturated heterocycles. The van der Waals surface area contributed by atoms with Crippen molar-refractivity contribution in [1.29, 1.82) is 0 Å². The van der Waals surface area contributed by atoms with Gasteiger partial charge in [-0.05, 0) is 47.0 Å². The fourth-order valence-corrected chi connectivity index (χ4v) is 2.68. The Morgan fingerprint density at radius 3 is 2.90 bits per heavy atom. The van der Waals surface area contributed by atoms with E-state index < -0.39 is 12.1 Å². The molecule has 0 radical (unpaired) electrons. The Kier molecular flexibility index (Phi) is 4.82. The number of nitrogens with two attached hydrogens (primary N) is 1. The molecular formula is C15H18N2O3S. The quantitative estimate of drug-likeness (QED) is 0.584. The lowest BCUT2D eigenvalue weighted by Gasteiger charge is -2.14. The second-order valence-corrected chi connectivity index (χ2v) is 5.48. The molecule has 1 atom stereocenters. The van der Waals surface area contributed by atoms with E-state index in [2.05, 4.69) is 5.32 Å². The summed E-state index contributed by atoms with van der Waals surface area (Å²) in [6.45, 7) is 2.17. The molecule has 1 aromatic heterocycles. The number of methoxy groups -OCH3 is 1. The summed E-state index contributed by atoms with van der Waals surface area (Å²) in [5, 5.41) is 17.0. The number of benzene rings is 1. The molecule has 0 aliphatic carbocycles. The van der Waals surface area contributed by atoms with Crippen molar-refractivity contribution >= 4 is 28.7 Å². The number of anilines is 2. The van der Waals surface area contributed by atoms with E-state index in [1.54, 1.807) is 6.07 Å². The summed E-state index contributed by atoms with van der Waals surface area (Å²) >= 11 is 1.54. The van der Waals surface area contributed by atoms with E-state index in [9.17, 15) is 9.90 Å². The number of aryl methyl sites for hydroxylation is 1. The van der Waals surface area contributed by atoms with Crippen LogP contribution < -0.4 is 11.1 Å². The zero-order chi connectivity index (χ0) is 15.4. The topological polar surface area (TPSA) is 84.6 Å². The van der Waals surface area contributed by atoms with E-state index in [0.29, 0.717) is 17.8 Å². The molecule has 1 unspecified atom stereocenters. The Morgan fingerprint density at radius 2 is 2.29 bits per heavy atom. The number of carbonyl (C=O) groups is 1. The fraction of sp³-hybridized carbons (Fsp3) is 0.267. The molecule has 2 rings (SSSR count). The highest BCUT2D eigenvalue weighted by molar-refractivity contribution is 7.07. The van der Waals surface area contributed by atoms with E-state index in [4.69, 9.17) is 10.5 Å². The first kappa shape index (κ1) is 15.3. The van der Waals surface area contributed by atoms with Crippen LogP contribution in [0.15, 0.2) is 29.0 Å². The molecular weight excluding hydrogens is 288 g/mol. The van der Waals surface area contributed by atoms with Gasteiger partial charge in [-0.3, -0.25) is 0 Å². The molecule has 0 amide bonds.